The van der Waals surface area contributed by atoms with E-state index in [0.717, 1.165) is 54.1 Å². The molecule has 0 spiro atoms. The molecule has 31 heavy (non-hydrogen) atoms. The second-order valence-electron chi connectivity index (χ2n) is 10.7. The molecule has 1 fully saturated rings. The molecule has 1 aromatic rings. The molecule has 0 bridgehead atoms. The number of pyridine rings is 1. The number of hydrogen-bond donors (Lipinski definition) is 0. The molecule has 1 aliphatic rings. The summed E-state index contributed by atoms with van der Waals surface area (Å²) in [7, 11) is 0. The molecule has 0 radical (unpaired) electrons. The Kier molecular flexibility index (Phi) is 7.96. The molecule has 1 aromatic heterocycles. The summed E-state index contributed by atoms with van der Waals surface area (Å²) in [5.74, 6) is -0.358. The number of ether oxygens (including phenoxy) is 2. The Balaban J connectivity index is 2.72. The third-order valence-electron chi connectivity index (χ3n) is 5.69. The van der Waals surface area contributed by atoms with Crippen LogP contribution in [0.5, 0.6) is 0 Å². The highest BCUT2D eigenvalue weighted by Gasteiger charge is 2.37. The minimum atomic E-state index is -0.829. The average molecular weight is 431 g/mol. The number of esters is 1. The molecule has 0 N–H and O–H groups in total. The van der Waals surface area contributed by atoms with Crippen molar-refractivity contribution in [2.75, 3.05) is 18.0 Å². The van der Waals surface area contributed by atoms with Crippen LogP contribution in [0, 0.1) is 19.3 Å². The number of rotatable bonds is 6. The first-order valence-corrected chi connectivity index (χ1v) is 11.5. The zero-order chi connectivity index (χ0) is 23.6. The van der Waals surface area contributed by atoms with E-state index in [1.165, 1.54) is 0 Å². The summed E-state index contributed by atoms with van der Waals surface area (Å²) in [6.45, 7) is 22.2. The van der Waals surface area contributed by atoms with Gasteiger partial charge in [-0.25, -0.2) is 4.79 Å². The predicted molar refractivity (Wildman–Crippen MR) is 128 cm³/mol. The Morgan fingerprint density at radius 1 is 1.13 bits per heavy atom. The van der Waals surface area contributed by atoms with Gasteiger partial charge in [0.1, 0.15) is 0 Å². The number of piperidine rings is 1. The lowest BCUT2D eigenvalue weighted by Gasteiger charge is -2.41. The molecule has 0 aromatic carbocycles. The van der Waals surface area contributed by atoms with Gasteiger partial charge in [-0.3, -0.25) is 4.98 Å². The molecular formula is C26H42N2O3. The third kappa shape index (κ3) is 6.55. The molecule has 1 saturated heterocycles. The minimum absolute atomic E-state index is 0.216. The molecule has 2 heterocycles. The van der Waals surface area contributed by atoms with Crippen molar-refractivity contribution in [1.82, 2.24) is 4.98 Å². The van der Waals surface area contributed by atoms with E-state index >= 15 is 0 Å². The quantitative estimate of drug-likeness (QED) is 0.505. The molecule has 0 amide bonds. The number of carbonyl (C=O) groups is 1. The second kappa shape index (κ2) is 9.72. The van der Waals surface area contributed by atoms with Crippen molar-refractivity contribution in [3.8, 4) is 0 Å². The van der Waals surface area contributed by atoms with Crippen LogP contribution in [-0.2, 0) is 14.3 Å². The van der Waals surface area contributed by atoms with Gasteiger partial charge in [0.05, 0.1) is 17.4 Å². The molecular weight excluding hydrogens is 388 g/mol. The predicted octanol–water partition coefficient (Wildman–Crippen LogP) is 6.17. The van der Waals surface area contributed by atoms with E-state index in [-0.39, 0.29) is 12.1 Å². The van der Waals surface area contributed by atoms with E-state index in [0.29, 0.717) is 5.41 Å². The smallest absolute Gasteiger partial charge is 0.340 e. The molecule has 174 valence electrons. The van der Waals surface area contributed by atoms with Gasteiger partial charge in [0.15, 0.2) is 6.10 Å². The molecule has 2 rings (SSSR count). The van der Waals surface area contributed by atoms with Gasteiger partial charge in [-0.2, -0.15) is 0 Å². The molecule has 5 heteroatoms. The van der Waals surface area contributed by atoms with E-state index in [1.807, 2.05) is 61.5 Å². The standard InChI is InChI=1S/C26H42N2O3/c1-11-12-20-18(4)27-19(5)21(22(20)28-15-13-26(9,10)14-16-28)23(31-25(6,7)8)24(29)30-17(2)3/h11-12,17,23H,13-16H2,1-10H3. The Bertz CT molecular complexity index is 809. The van der Waals surface area contributed by atoms with Crippen molar-refractivity contribution < 1.29 is 14.3 Å². The average Bonchev–Trinajstić information content (AvgIpc) is 2.61. The maximum atomic E-state index is 13.3. The van der Waals surface area contributed by atoms with Crippen LogP contribution in [-0.4, -0.2) is 35.7 Å². The monoisotopic (exact) mass is 430 g/mol. The molecule has 0 saturated carbocycles. The van der Waals surface area contributed by atoms with Gasteiger partial charge in [-0.05, 0) is 73.6 Å². The summed E-state index contributed by atoms with van der Waals surface area (Å²) in [5, 5.41) is 0. The Hall–Kier alpha value is -1.88. The number of carbonyl (C=O) groups excluding carboxylic acids is 1. The second-order valence-corrected chi connectivity index (χ2v) is 10.7. The van der Waals surface area contributed by atoms with Crippen LogP contribution < -0.4 is 4.90 Å². The first-order valence-electron chi connectivity index (χ1n) is 11.5. The first kappa shape index (κ1) is 25.4. The Morgan fingerprint density at radius 2 is 1.71 bits per heavy atom. The molecule has 5 nitrogen and oxygen atoms in total. The van der Waals surface area contributed by atoms with Crippen LogP contribution in [0.25, 0.3) is 6.08 Å². The highest BCUT2D eigenvalue weighted by atomic mass is 16.6. The van der Waals surface area contributed by atoms with Crippen LogP contribution in [0.3, 0.4) is 0 Å². The highest BCUT2D eigenvalue weighted by molar-refractivity contribution is 5.83. The van der Waals surface area contributed by atoms with Gasteiger partial charge < -0.3 is 14.4 Å². The van der Waals surface area contributed by atoms with E-state index < -0.39 is 11.7 Å². The van der Waals surface area contributed by atoms with Crippen LogP contribution >= 0.6 is 0 Å². The summed E-state index contributed by atoms with van der Waals surface area (Å²) in [5.41, 5.74) is 4.55. The zero-order valence-electron chi connectivity index (χ0n) is 21.3. The fourth-order valence-electron chi connectivity index (χ4n) is 4.09. The summed E-state index contributed by atoms with van der Waals surface area (Å²) < 4.78 is 12.0. The summed E-state index contributed by atoms with van der Waals surface area (Å²) >= 11 is 0. The van der Waals surface area contributed by atoms with Crippen molar-refractivity contribution in [3.05, 3.63) is 28.6 Å². The first-order chi connectivity index (χ1) is 14.3. The summed E-state index contributed by atoms with van der Waals surface area (Å²) in [6.07, 6.45) is 5.29. The molecule has 1 unspecified atom stereocenters. The van der Waals surface area contributed by atoms with Crippen LogP contribution in [0.1, 0.15) is 96.9 Å². The van der Waals surface area contributed by atoms with Crippen LogP contribution in [0.2, 0.25) is 0 Å². The lowest BCUT2D eigenvalue weighted by molar-refractivity contribution is -0.171. The molecule has 0 aliphatic carbocycles. The number of nitrogens with zero attached hydrogens (tertiary/aromatic N) is 2. The van der Waals surface area contributed by atoms with E-state index in [9.17, 15) is 4.79 Å². The van der Waals surface area contributed by atoms with E-state index in [4.69, 9.17) is 14.5 Å². The van der Waals surface area contributed by atoms with Crippen molar-refractivity contribution in [2.24, 2.45) is 5.41 Å². The molecule has 1 aliphatic heterocycles. The van der Waals surface area contributed by atoms with Crippen LogP contribution in [0.15, 0.2) is 6.08 Å². The fraction of sp³-hybridized carbons (Fsp3) is 0.692. The topological polar surface area (TPSA) is 51.7 Å². The van der Waals surface area contributed by atoms with Crippen molar-refractivity contribution in [1.29, 1.82) is 0 Å². The SMILES string of the molecule is CC=Cc1c(C)nc(C)c(C(OC(C)(C)C)C(=O)OC(C)C)c1N1CCC(C)(C)CC1. The van der Waals surface area contributed by atoms with Gasteiger partial charge in [-0.1, -0.05) is 26.0 Å². The highest BCUT2D eigenvalue weighted by Crippen LogP contribution is 2.41. The van der Waals surface area contributed by atoms with Gasteiger partial charge in [-0.15, -0.1) is 0 Å². The zero-order valence-corrected chi connectivity index (χ0v) is 21.3. The van der Waals surface area contributed by atoms with Gasteiger partial charge in [0.2, 0.25) is 0 Å². The lowest BCUT2D eigenvalue weighted by atomic mass is 9.82. The van der Waals surface area contributed by atoms with Gasteiger partial charge in [0, 0.05) is 35.6 Å². The minimum Gasteiger partial charge on any atom is -0.461 e. The van der Waals surface area contributed by atoms with Crippen molar-refractivity contribution in [2.45, 2.75) is 99.9 Å². The van der Waals surface area contributed by atoms with Crippen LogP contribution in [0.4, 0.5) is 5.69 Å². The number of hydrogen-bond acceptors (Lipinski definition) is 5. The van der Waals surface area contributed by atoms with Crippen molar-refractivity contribution >= 4 is 17.7 Å². The summed E-state index contributed by atoms with van der Waals surface area (Å²) in [4.78, 5) is 20.5. The van der Waals surface area contributed by atoms with Gasteiger partial charge >= 0.3 is 5.97 Å². The number of aryl methyl sites for hydroxylation is 2. The van der Waals surface area contributed by atoms with E-state index in [1.54, 1.807) is 0 Å². The Morgan fingerprint density at radius 3 is 2.19 bits per heavy atom. The van der Waals surface area contributed by atoms with Gasteiger partial charge in [0.25, 0.3) is 0 Å². The number of aromatic nitrogens is 1. The number of allylic oxidation sites excluding steroid dienone is 1. The molecule has 1 atom stereocenters. The third-order valence-corrected chi connectivity index (χ3v) is 5.69. The lowest BCUT2D eigenvalue weighted by Crippen LogP contribution is -2.39. The fourth-order valence-corrected chi connectivity index (χ4v) is 4.09. The Labute approximate surface area is 189 Å². The van der Waals surface area contributed by atoms with Crippen molar-refractivity contribution in [3.63, 3.8) is 0 Å². The summed E-state index contributed by atoms with van der Waals surface area (Å²) in [6, 6.07) is 0. The largest absolute Gasteiger partial charge is 0.461 e. The maximum Gasteiger partial charge on any atom is 0.340 e. The number of anilines is 1. The maximum absolute atomic E-state index is 13.3. The van der Waals surface area contributed by atoms with E-state index in [2.05, 4.69) is 24.8 Å². The normalized spacial score (nSPS) is 18.0.